The average molecular weight is 393 g/mol. The molecule has 0 spiro atoms. The summed E-state index contributed by atoms with van der Waals surface area (Å²) in [5.74, 6) is -1.04. The minimum absolute atomic E-state index is 0.0184. The Kier molecular flexibility index (Phi) is 5.81. The summed E-state index contributed by atoms with van der Waals surface area (Å²) < 4.78 is 41.8. The Morgan fingerprint density at radius 3 is 2.79 bits per heavy atom. The summed E-state index contributed by atoms with van der Waals surface area (Å²) >= 11 is 0. The van der Waals surface area contributed by atoms with E-state index in [1.54, 1.807) is 29.2 Å². The van der Waals surface area contributed by atoms with Gasteiger partial charge in [-0.3, -0.25) is 9.59 Å². The molecule has 1 aromatic carbocycles. The number of halogens is 3. The van der Waals surface area contributed by atoms with E-state index in [1.807, 2.05) is 0 Å². The van der Waals surface area contributed by atoms with E-state index >= 15 is 0 Å². The van der Waals surface area contributed by atoms with Crippen LogP contribution in [0.3, 0.4) is 0 Å². The van der Waals surface area contributed by atoms with Crippen LogP contribution >= 0.6 is 0 Å². The lowest BCUT2D eigenvalue weighted by Gasteiger charge is -2.27. The molecule has 1 N–H and O–H groups in total. The van der Waals surface area contributed by atoms with Crippen LogP contribution in [-0.2, 0) is 4.79 Å². The van der Waals surface area contributed by atoms with Gasteiger partial charge in [-0.25, -0.2) is 4.98 Å². The van der Waals surface area contributed by atoms with Gasteiger partial charge < -0.3 is 15.0 Å². The second-order valence-corrected chi connectivity index (χ2v) is 6.27. The lowest BCUT2D eigenvalue weighted by molar-refractivity contribution is -0.154. The molecule has 0 saturated carbocycles. The Labute approximate surface area is 159 Å². The van der Waals surface area contributed by atoms with Gasteiger partial charge in [0.1, 0.15) is 5.56 Å². The number of anilines is 2. The second kappa shape index (κ2) is 8.28. The zero-order chi connectivity index (χ0) is 20.1. The molecule has 148 valence electrons. The summed E-state index contributed by atoms with van der Waals surface area (Å²) in [6.07, 6.45) is -1.07. The predicted molar refractivity (Wildman–Crippen MR) is 96.4 cm³/mol. The predicted octanol–water partition coefficient (Wildman–Crippen LogP) is 3.79. The summed E-state index contributed by atoms with van der Waals surface area (Å²) in [4.78, 5) is 30.0. The molecule has 0 unspecified atom stereocenters. The number of ether oxygens (including phenoxy) is 1. The fourth-order valence-corrected chi connectivity index (χ4v) is 2.86. The number of piperidine rings is 1. The van der Waals surface area contributed by atoms with Gasteiger partial charge in [0, 0.05) is 30.5 Å². The molecule has 0 aliphatic carbocycles. The van der Waals surface area contributed by atoms with Crippen LogP contribution in [0.2, 0.25) is 0 Å². The zero-order valence-corrected chi connectivity index (χ0v) is 14.8. The minimum Gasteiger partial charge on any atom is -0.467 e. The van der Waals surface area contributed by atoms with E-state index in [9.17, 15) is 22.8 Å². The smallest absolute Gasteiger partial charge is 0.422 e. The highest BCUT2D eigenvalue weighted by Gasteiger charge is 2.29. The fourth-order valence-electron chi connectivity index (χ4n) is 2.86. The largest absolute Gasteiger partial charge is 0.467 e. The average Bonchev–Trinajstić information content (AvgIpc) is 2.66. The lowest BCUT2D eigenvalue weighted by Crippen LogP contribution is -2.35. The van der Waals surface area contributed by atoms with E-state index in [-0.39, 0.29) is 11.5 Å². The van der Waals surface area contributed by atoms with Crippen molar-refractivity contribution in [2.75, 3.05) is 23.4 Å². The number of benzene rings is 1. The van der Waals surface area contributed by atoms with Gasteiger partial charge in [0.25, 0.3) is 5.91 Å². The van der Waals surface area contributed by atoms with Crippen molar-refractivity contribution >= 4 is 23.2 Å². The number of nitrogens with zero attached hydrogens (tertiary/aromatic N) is 2. The molecule has 1 aromatic heterocycles. The monoisotopic (exact) mass is 393 g/mol. The van der Waals surface area contributed by atoms with E-state index in [4.69, 9.17) is 0 Å². The van der Waals surface area contributed by atoms with Crippen molar-refractivity contribution in [2.45, 2.75) is 25.4 Å². The molecule has 0 bridgehead atoms. The highest BCUT2D eigenvalue weighted by molar-refractivity contribution is 6.06. The van der Waals surface area contributed by atoms with Crippen molar-refractivity contribution in [1.82, 2.24) is 4.98 Å². The molecule has 1 saturated heterocycles. The molecule has 6 nitrogen and oxygen atoms in total. The topological polar surface area (TPSA) is 71.5 Å². The molecule has 0 radical (unpaired) electrons. The number of aromatic nitrogens is 1. The van der Waals surface area contributed by atoms with Crippen molar-refractivity contribution in [3.05, 3.63) is 48.2 Å². The van der Waals surface area contributed by atoms with E-state index in [0.717, 1.165) is 12.8 Å². The Hall–Kier alpha value is -3.10. The molecule has 1 aliphatic heterocycles. The van der Waals surface area contributed by atoms with Crippen LogP contribution < -0.4 is 15.0 Å². The van der Waals surface area contributed by atoms with Gasteiger partial charge in [-0.15, -0.1) is 0 Å². The number of rotatable bonds is 5. The fraction of sp³-hybridized carbons (Fsp3) is 0.316. The third-order valence-corrected chi connectivity index (χ3v) is 4.13. The molecule has 2 aromatic rings. The number of pyridine rings is 1. The maximum absolute atomic E-state index is 12.5. The second-order valence-electron chi connectivity index (χ2n) is 6.27. The van der Waals surface area contributed by atoms with Gasteiger partial charge in [0.05, 0.1) is 0 Å². The molecule has 9 heteroatoms. The SMILES string of the molecule is O=C(Nc1cccc(N2CCCCC2=O)c1)c1cccnc1OCC(F)(F)F. The Morgan fingerprint density at radius 1 is 1.21 bits per heavy atom. The van der Waals surface area contributed by atoms with Gasteiger partial charge in [-0.1, -0.05) is 6.07 Å². The Balaban J connectivity index is 1.75. The standard InChI is InChI=1S/C19H18F3N3O3/c20-19(21,22)12-28-18-15(7-4-9-23-18)17(27)24-13-5-3-6-14(11-13)25-10-2-1-8-16(25)26/h3-7,9,11H,1-2,8,10,12H2,(H,24,27). The van der Waals surface area contributed by atoms with Crippen molar-refractivity contribution < 1.29 is 27.5 Å². The molecule has 1 aliphatic rings. The van der Waals surface area contributed by atoms with Crippen molar-refractivity contribution in [1.29, 1.82) is 0 Å². The Morgan fingerprint density at radius 2 is 2.04 bits per heavy atom. The van der Waals surface area contributed by atoms with E-state index in [2.05, 4.69) is 15.0 Å². The quantitative estimate of drug-likeness (QED) is 0.839. The molecule has 0 atom stereocenters. The van der Waals surface area contributed by atoms with Crippen LogP contribution in [0.4, 0.5) is 24.5 Å². The summed E-state index contributed by atoms with van der Waals surface area (Å²) in [7, 11) is 0. The maximum atomic E-state index is 12.5. The number of hydrogen-bond acceptors (Lipinski definition) is 4. The van der Waals surface area contributed by atoms with E-state index in [0.29, 0.717) is 24.3 Å². The molecule has 1 fully saturated rings. The number of hydrogen-bond donors (Lipinski definition) is 1. The molecule has 2 amide bonds. The van der Waals surface area contributed by atoms with Crippen LogP contribution in [-0.4, -0.2) is 36.1 Å². The van der Waals surface area contributed by atoms with Gasteiger partial charge in [-0.05, 0) is 43.2 Å². The first kappa shape index (κ1) is 19.7. The molecular formula is C19H18F3N3O3. The Bertz CT molecular complexity index is 871. The highest BCUT2D eigenvalue weighted by atomic mass is 19.4. The lowest BCUT2D eigenvalue weighted by atomic mass is 10.1. The number of amides is 2. The highest BCUT2D eigenvalue weighted by Crippen LogP contribution is 2.25. The van der Waals surface area contributed by atoms with Crippen molar-refractivity contribution in [3.8, 4) is 5.88 Å². The summed E-state index contributed by atoms with van der Waals surface area (Å²) in [5.41, 5.74) is 0.944. The number of alkyl halides is 3. The first-order valence-electron chi connectivity index (χ1n) is 8.70. The summed E-state index contributed by atoms with van der Waals surface area (Å²) in [5, 5.41) is 2.61. The number of carbonyl (C=O) groups excluding carboxylic acids is 2. The third-order valence-electron chi connectivity index (χ3n) is 4.13. The van der Waals surface area contributed by atoms with Gasteiger partial charge in [0.2, 0.25) is 11.8 Å². The van der Waals surface area contributed by atoms with Crippen LogP contribution in [0.1, 0.15) is 29.6 Å². The zero-order valence-electron chi connectivity index (χ0n) is 14.8. The minimum atomic E-state index is -4.54. The molecule has 2 heterocycles. The van der Waals surface area contributed by atoms with Gasteiger partial charge >= 0.3 is 6.18 Å². The molecular weight excluding hydrogens is 375 g/mol. The van der Waals surface area contributed by atoms with Crippen LogP contribution in [0, 0.1) is 0 Å². The van der Waals surface area contributed by atoms with Crippen molar-refractivity contribution in [2.24, 2.45) is 0 Å². The summed E-state index contributed by atoms with van der Waals surface area (Å²) in [6, 6.07) is 9.48. The number of nitrogens with one attached hydrogen (secondary N) is 1. The maximum Gasteiger partial charge on any atom is 0.422 e. The van der Waals surface area contributed by atoms with E-state index < -0.39 is 24.6 Å². The van der Waals surface area contributed by atoms with Crippen LogP contribution in [0.15, 0.2) is 42.6 Å². The van der Waals surface area contributed by atoms with E-state index in [1.165, 1.54) is 18.3 Å². The normalized spacial score (nSPS) is 14.7. The molecule has 28 heavy (non-hydrogen) atoms. The molecule has 3 rings (SSSR count). The van der Waals surface area contributed by atoms with Gasteiger partial charge in [-0.2, -0.15) is 13.2 Å². The van der Waals surface area contributed by atoms with Crippen LogP contribution in [0.25, 0.3) is 0 Å². The van der Waals surface area contributed by atoms with Crippen LogP contribution in [0.5, 0.6) is 5.88 Å². The third kappa shape index (κ3) is 4.99. The first-order chi connectivity index (χ1) is 13.3. The number of carbonyl (C=O) groups is 2. The summed E-state index contributed by atoms with van der Waals surface area (Å²) in [6.45, 7) is -0.939. The first-order valence-corrected chi connectivity index (χ1v) is 8.70. The van der Waals surface area contributed by atoms with Gasteiger partial charge in [0.15, 0.2) is 6.61 Å². The van der Waals surface area contributed by atoms with Crippen molar-refractivity contribution in [3.63, 3.8) is 0 Å².